The third-order valence-corrected chi connectivity index (χ3v) is 3.01. The van der Waals surface area contributed by atoms with Crippen LogP contribution in [0.4, 0.5) is 0 Å². The molecule has 0 aliphatic heterocycles. The van der Waals surface area contributed by atoms with E-state index in [-0.39, 0.29) is 0 Å². The predicted molar refractivity (Wildman–Crippen MR) is 53.3 cm³/mol. The molecule has 72 valence electrons. The third-order valence-electron chi connectivity index (χ3n) is 2.63. The molecule has 1 aromatic heterocycles. The summed E-state index contributed by atoms with van der Waals surface area (Å²) in [5.41, 5.74) is 0. The molecule has 0 atom stereocenters. The monoisotopic (exact) mass is 244 g/mol. The van der Waals surface area contributed by atoms with E-state index >= 15 is 0 Å². The maximum Gasteiger partial charge on any atom is 0.151 e. The Bertz CT molecular complexity index is 283. The average Bonchev–Trinajstić information content (AvgIpc) is 2.31. The summed E-state index contributed by atoms with van der Waals surface area (Å²) in [4.78, 5) is 2.33. The predicted octanol–water partition coefficient (Wildman–Crippen LogP) is 2.42. The molecule has 0 radical (unpaired) electrons. The number of hydrogen-bond acceptors (Lipinski definition) is 3. The zero-order valence-corrected chi connectivity index (χ0v) is 9.25. The van der Waals surface area contributed by atoms with Gasteiger partial charge in [0, 0.05) is 12.1 Å². The first-order chi connectivity index (χ1) is 6.25. The highest BCUT2D eigenvalue weighted by Gasteiger charge is 2.22. The molecule has 0 unspecified atom stereocenters. The van der Waals surface area contributed by atoms with Gasteiger partial charge >= 0.3 is 0 Å². The molecule has 1 saturated carbocycles. The fourth-order valence-electron chi connectivity index (χ4n) is 1.56. The quantitative estimate of drug-likeness (QED) is 0.818. The van der Waals surface area contributed by atoms with E-state index in [2.05, 4.69) is 33.0 Å². The summed E-state index contributed by atoms with van der Waals surface area (Å²) >= 11 is 3.27. The number of aromatic nitrogens is 1. The van der Waals surface area contributed by atoms with E-state index in [0.29, 0.717) is 0 Å². The summed E-state index contributed by atoms with van der Waals surface area (Å²) in [5, 5.41) is 3.79. The van der Waals surface area contributed by atoms with Crippen molar-refractivity contribution in [3.8, 4) is 0 Å². The van der Waals surface area contributed by atoms with Crippen LogP contribution >= 0.6 is 15.9 Å². The van der Waals surface area contributed by atoms with Crippen LogP contribution in [0.2, 0.25) is 0 Å². The van der Waals surface area contributed by atoms with Crippen molar-refractivity contribution >= 4 is 15.9 Å². The first-order valence-corrected chi connectivity index (χ1v) is 5.36. The van der Waals surface area contributed by atoms with Crippen LogP contribution in [0, 0.1) is 0 Å². The van der Waals surface area contributed by atoms with Crippen molar-refractivity contribution in [1.29, 1.82) is 0 Å². The molecule has 1 aliphatic carbocycles. The van der Waals surface area contributed by atoms with Gasteiger partial charge in [0.15, 0.2) is 5.76 Å². The van der Waals surface area contributed by atoms with Crippen LogP contribution in [0.25, 0.3) is 0 Å². The van der Waals surface area contributed by atoms with Crippen molar-refractivity contribution in [3.63, 3.8) is 0 Å². The molecule has 0 N–H and O–H groups in total. The van der Waals surface area contributed by atoms with Crippen molar-refractivity contribution in [3.05, 3.63) is 16.4 Å². The fraction of sp³-hybridized carbons (Fsp3) is 0.667. The highest BCUT2D eigenvalue weighted by Crippen LogP contribution is 2.25. The van der Waals surface area contributed by atoms with Crippen LogP contribution in [0.15, 0.2) is 15.2 Å². The van der Waals surface area contributed by atoms with Gasteiger partial charge in [-0.05, 0) is 35.8 Å². The third kappa shape index (κ3) is 2.11. The standard InChI is InChI=1S/C9H13BrN2O/c1-12(7-3-2-4-7)6-8-5-9(10)11-13-8/h5,7H,2-4,6H2,1H3. The molecule has 0 bridgehead atoms. The molecule has 1 fully saturated rings. The second-order valence-electron chi connectivity index (χ2n) is 3.62. The minimum absolute atomic E-state index is 0.754. The lowest BCUT2D eigenvalue weighted by Gasteiger charge is -2.33. The van der Waals surface area contributed by atoms with Gasteiger partial charge in [-0.2, -0.15) is 0 Å². The zero-order chi connectivity index (χ0) is 9.26. The number of rotatable bonds is 3. The maximum absolute atomic E-state index is 5.12. The Labute approximate surface area is 86.2 Å². The molecule has 0 saturated heterocycles. The molecule has 0 aromatic carbocycles. The lowest BCUT2D eigenvalue weighted by Crippen LogP contribution is -2.36. The smallest absolute Gasteiger partial charge is 0.151 e. The van der Waals surface area contributed by atoms with Gasteiger partial charge < -0.3 is 4.52 Å². The molecule has 4 heteroatoms. The normalized spacial score (nSPS) is 17.8. The van der Waals surface area contributed by atoms with E-state index in [4.69, 9.17) is 4.52 Å². The SMILES string of the molecule is CN(Cc1cc(Br)no1)C1CCC1. The van der Waals surface area contributed by atoms with Gasteiger partial charge in [0.2, 0.25) is 0 Å². The minimum Gasteiger partial charge on any atom is -0.359 e. The highest BCUT2D eigenvalue weighted by atomic mass is 79.9. The fourth-order valence-corrected chi connectivity index (χ4v) is 1.89. The largest absolute Gasteiger partial charge is 0.359 e. The summed E-state index contributed by atoms with van der Waals surface area (Å²) in [7, 11) is 2.14. The van der Waals surface area contributed by atoms with Crippen LogP contribution in [0.1, 0.15) is 25.0 Å². The van der Waals surface area contributed by atoms with Crippen molar-refractivity contribution in [1.82, 2.24) is 10.1 Å². The molecule has 3 nitrogen and oxygen atoms in total. The molecule has 0 amide bonds. The summed E-state index contributed by atoms with van der Waals surface area (Å²) in [6.07, 6.45) is 4.02. The van der Waals surface area contributed by atoms with Crippen LogP contribution < -0.4 is 0 Å². The average molecular weight is 245 g/mol. The first-order valence-electron chi connectivity index (χ1n) is 4.57. The highest BCUT2D eigenvalue weighted by molar-refractivity contribution is 9.10. The van der Waals surface area contributed by atoms with Crippen molar-refractivity contribution in [2.75, 3.05) is 7.05 Å². The first kappa shape index (κ1) is 9.21. The van der Waals surface area contributed by atoms with Crippen LogP contribution in [-0.2, 0) is 6.54 Å². The van der Waals surface area contributed by atoms with E-state index in [0.717, 1.165) is 23.0 Å². The summed E-state index contributed by atoms with van der Waals surface area (Å²) in [5.74, 6) is 0.932. The minimum atomic E-state index is 0.754. The molecule has 13 heavy (non-hydrogen) atoms. The molecule has 0 spiro atoms. The molecule has 1 aliphatic rings. The van der Waals surface area contributed by atoms with Crippen LogP contribution in [0.5, 0.6) is 0 Å². The second kappa shape index (κ2) is 3.80. The Balaban J connectivity index is 1.89. The molecule has 1 aromatic rings. The van der Waals surface area contributed by atoms with Gasteiger partial charge in [-0.15, -0.1) is 0 Å². The lowest BCUT2D eigenvalue weighted by molar-refractivity contribution is 0.139. The maximum atomic E-state index is 5.12. The zero-order valence-electron chi connectivity index (χ0n) is 7.66. The second-order valence-corrected chi connectivity index (χ2v) is 4.43. The van der Waals surface area contributed by atoms with Gasteiger partial charge in [-0.1, -0.05) is 11.6 Å². The summed E-state index contributed by atoms with van der Waals surface area (Å²) in [6.45, 7) is 0.864. The van der Waals surface area contributed by atoms with Gasteiger partial charge in [0.1, 0.15) is 4.60 Å². The van der Waals surface area contributed by atoms with Crippen molar-refractivity contribution in [2.24, 2.45) is 0 Å². The van der Waals surface area contributed by atoms with E-state index in [1.807, 2.05) is 6.07 Å². The summed E-state index contributed by atoms with van der Waals surface area (Å²) < 4.78 is 5.90. The molecule has 2 rings (SSSR count). The Hall–Kier alpha value is -0.350. The van der Waals surface area contributed by atoms with Gasteiger partial charge in [-0.3, -0.25) is 4.90 Å². The van der Waals surface area contributed by atoms with Crippen molar-refractivity contribution in [2.45, 2.75) is 31.8 Å². The number of halogens is 1. The number of nitrogens with zero attached hydrogens (tertiary/aromatic N) is 2. The van der Waals surface area contributed by atoms with Gasteiger partial charge in [0.05, 0.1) is 6.54 Å². The van der Waals surface area contributed by atoms with Crippen LogP contribution in [0.3, 0.4) is 0 Å². The Kier molecular flexibility index (Phi) is 2.69. The topological polar surface area (TPSA) is 29.3 Å². The summed E-state index contributed by atoms with van der Waals surface area (Å²) in [6, 6.07) is 2.68. The van der Waals surface area contributed by atoms with E-state index in [1.54, 1.807) is 0 Å². The Morgan fingerprint density at radius 2 is 2.46 bits per heavy atom. The van der Waals surface area contributed by atoms with E-state index in [1.165, 1.54) is 19.3 Å². The molecular formula is C9H13BrN2O. The molecule has 1 heterocycles. The van der Waals surface area contributed by atoms with Crippen LogP contribution in [-0.4, -0.2) is 23.1 Å². The van der Waals surface area contributed by atoms with E-state index < -0.39 is 0 Å². The van der Waals surface area contributed by atoms with Crippen molar-refractivity contribution < 1.29 is 4.52 Å². The van der Waals surface area contributed by atoms with E-state index in [9.17, 15) is 0 Å². The van der Waals surface area contributed by atoms with Gasteiger partial charge in [-0.25, -0.2) is 0 Å². The Morgan fingerprint density at radius 1 is 1.69 bits per heavy atom. The van der Waals surface area contributed by atoms with Gasteiger partial charge in [0.25, 0.3) is 0 Å². The number of hydrogen-bond donors (Lipinski definition) is 0. The Morgan fingerprint density at radius 3 is 2.92 bits per heavy atom. The molecular weight excluding hydrogens is 232 g/mol. The lowest BCUT2D eigenvalue weighted by atomic mass is 9.92.